The first-order chi connectivity index (χ1) is 17.0. The van der Waals surface area contributed by atoms with Crippen LogP contribution in [0.15, 0.2) is 29.5 Å². The number of ether oxygens (including phenoxy) is 2. The highest BCUT2D eigenvalue weighted by Crippen LogP contribution is 2.34. The number of rotatable bonds is 6. The number of morpholine rings is 1. The molecule has 2 aliphatic rings. The van der Waals surface area contributed by atoms with Gasteiger partial charge in [0, 0.05) is 37.9 Å². The van der Waals surface area contributed by atoms with Crippen LogP contribution in [0.3, 0.4) is 0 Å². The minimum absolute atomic E-state index is 0.00653. The Morgan fingerprint density at radius 1 is 1.14 bits per heavy atom. The predicted octanol–water partition coefficient (Wildman–Crippen LogP) is 3.06. The molecule has 0 spiro atoms. The van der Waals surface area contributed by atoms with Gasteiger partial charge in [-0.1, -0.05) is 6.92 Å². The molecular formula is C25H31FN6O3. The second kappa shape index (κ2) is 10.2. The largest absolute Gasteiger partial charge is 0.488 e. The van der Waals surface area contributed by atoms with E-state index in [-0.39, 0.29) is 29.3 Å². The summed E-state index contributed by atoms with van der Waals surface area (Å²) in [5, 5.41) is 3.25. The van der Waals surface area contributed by atoms with E-state index in [0.717, 1.165) is 50.0 Å². The van der Waals surface area contributed by atoms with Gasteiger partial charge in [0.25, 0.3) is 5.56 Å². The molecule has 1 aliphatic heterocycles. The summed E-state index contributed by atoms with van der Waals surface area (Å²) in [7, 11) is 1.75. The van der Waals surface area contributed by atoms with Crippen LogP contribution in [-0.4, -0.2) is 58.0 Å². The molecule has 1 aliphatic carbocycles. The lowest BCUT2D eigenvalue weighted by molar-refractivity contribution is 0.122. The second-order valence-electron chi connectivity index (χ2n) is 9.14. The van der Waals surface area contributed by atoms with Crippen molar-refractivity contribution in [2.45, 2.75) is 51.2 Å². The number of anilines is 2. The van der Waals surface area contributed by atoms with Gasteiger partial charge in [0.05, 0.1) is 36.7 Å². The normalized spacial score (nSPS) is 20.7. The van der Waals surface area contributed by atoms with Crippen molar-refractivity contribution in [2.24, 2.45) is 7.05 Å². The summed E-state index contributed by atoms with van der Waals surface area (Å²) in [5.41, 5.74) is 2.69. The van der Waals surface area contributed by atoms with Crippen molar-refractivity contribution in [1.29, 1.82) is 0 Å². The molecule has 1 saturated heterocycles. The number of hydrogen-bond acceptors (Lipinski definition) is 8. The van der Waals surface area contributed by atoms with Crippen LogP contribution in [0.5, 0.6) is 5.75 Å². The van der Waals surface area contributed by atoms with Gasteiger partial charge >= 0.3 is 0 Å². The van der Waals surface area contributed by atoms with Gasteiger partial charge in [0.15, 0.2) is 11.6 Å². The zero-order valence-electron chi connectivity index (χ0n) is 20.2. The molecule has 2 aromatic heterocycles. The van der Waals surface area contributed by atoms with Crippen molar-refractivity contribution < 1.29 is 13.9 Å². The van der Waals surface area contributed by atoms with Gasteiger partial charge < -0.3 is 24.3 Å². The van der Waals surface area contributed by atoms with Crippen molar-refractivity contribution in [3.63, 3.8) is 0 Å². The molecule has 35 heavy (non-hydrogen) atoms. The van der Waals surface area contributed by atoms with Crippen LogP contribution in [0.25, 0.3) is 11.0 Å². The first-order valence-electron chi connectivity index (χ1n) is 12.3. The highest BCUT2D eigenvalue weighted by Gasteiger charge is 2.26. The molecule has 9 nitrogen and oxygen atoms in total. The third-order valence-electron chi connectivity index (χ3n) is 6.90. The Bertz CT molecular complexity index is 1250. The standard InChI is InChI=1S/C25H31FN6O3/c1-3-19-23(26)25(29-15-28-19)30-16-4-6-18(7-5-16)35-21-13-17(32-8-10-34-11-9-32)12-20-24(21)31(2)22(33)14-27-20/h12-16,18H,3-11H2,1-2H3,(H,28,29,30)/t16-,18+. The Balaban J connectivity index is 1.33. The number of aromatic nitrogens is 4. The minimum Gasteiger partial charge on any atom is -0.488 e. The van der Waals surface area contributed by atoms with Crippen LogP contribution in [0.4, 0.5) is 15.9 Å². The molecule has 0 unspecified atom stereocenters. The molecule has 5 rings (SSSR count). The Hall–Kier alpha value is -3.27. The molecule has 0 atom stereocenters. The topological polar surface area (TPSA) is 94.4 Å². The van der Waals surface area contributed by atoms with Gasteiger partial charge in [0.2, 0.25) is 0 Å². The Morgan fingerprint density at radius 3 is 2.66 bits per heavy atom. The maximum Gasteiger partial charge on any atom is 0.269 e. The Labute approximate surface area is 203 Å². The molecule has 1 saturated carbocycles. The number of benzene rings is 1. The van der Waals surface area contributed by atoms with E-state index >= 15 is 0 Å². The Kier molecular flexibility index (Phi) is 6.81. The quantitative estimate of drug-likeness (QED) is 0.573. The van der Waals surface area contributed by atoms with Crippen LogP contribution in [0.2, 0.25) is 0 Å². The Morgan fingerprint density at radius 2 is 1.91 bits per heavy atom. The number of hydrogen-bond donors (Lipinski definition) is 1. The first kappa shape index (κ1) is 23.5. The lowest BCUT2D eigenvalue weighted by Crippen LogP contribution is -2.36. The molecule has 3 heterocycles. The van der Waals surface area contributed by atoms with Crippen LogP contribution in [0.1, 0.15) is 38.3 Å². The summed E-state index contributed by atoms with van der Waals surface area (Å²) in [6, 6.07) is 4.14. The van der Waals surface area contributed by atoms with Crippen molar-refractivity contribution in [3.05, 3.63) is 46.5 Å². The molecule has 3 aromatic rings. The van der Waals surface area contributed by atoms with E-state index in [2.05, 4.69) is 25.2 Å². The predicted molar refractivity (Wildman–Crippen MR) is 132 cm³/mol. The second-order valence-corrected chi connectivity index (χ2v) is 9.14. The average molecular weight is 483 g/mol. The fourth-order valence-corrected chi connectivity index (χ4v) is 4.88. The molecule has 186 valence electrons. The van der Waals surface area contributed by atoms with E-state index in [1.54, 1.807) is 11.6 Å². The van der Waals surface area contributed by atoms with Crippen molar-refractivity contribution >= 4 is 22.5 Å². The third kappa shape index (κ3) is 4.93. The number of nitrogens with one attached hydrogen (secondary N) is 1. The highest BCUT2D eigenvalue weighted by molar-refractivity contribution is 5.85. The summed E-state index contributed by atoms with van der Waals surface area (Å²) >= 11 is 0. The summed E-state index contributed by atoms with van der Waals surface area (Å²) in [4.78, 5) is 27.1. The number of nitrogens with zero attached hydrogens (tertiary/aromatic N) is 5. The van der Waals surface area contributed by atoms with E-state index in [0.29, 0.717) is 36.6 Å². The van der Waals surface area contributed by atoms with Gasteiger partial charge in [-0.25, -0.2) is 19.3 Å². The lowest BCUT2D eigenvalue weighted by Gasteiger charge is -2.32. The fourth-order valence-electron chi connectivity index (χ4n) is 4.88. The summed E-state index contributed by atoms with van der Waals surface area (Å²) < 4.78 is 28.1. The van der Waals surface area contributed by atoms with Gasteiger partial charge in [-0.2, -0.15) is 0 Å². The smallest absolute Gasteiger partial charge is 0.269 e. The van der Waals surface area contributed by atoms with Gasteiger partial charge in [0.1, 0.15) is 17.6 Å². The van der Waals surface area contributed by atoms with E-state index in [9.17, 15) is 9.18 Å². The van der Waals surface area contributed by atoms with Gasteiger partial charge in [-0.15, -0.1) is 0 Å². The fraction of sp³-hybridized carbons (Fsp3) is 0.520. The van der Waals surface area contributed by atoms with Gasteiger partial charge in [-0.3, -0.25) is 4.79 Å². The average Bonchev–Trinajstić information content (AvgIpc) is 2.89. The first-order valence-corrected chi connectivity index (χ1v) is 12.3. The highest BCUT2D eigenvalue weighted by atomic mass is 19.1. The molecule has 0 radical (unpaired) electrons. The maximum atomic E-state index is 14.5. The summed E-state index contributed by atoms with van der Waals surface area (Å²) in [5.74, 6) is 0.572. The number of aryl methyl sites for hydroxylation is 2. The van der Waals surface area contributed by atoms with Crippen molar-refractivity contribution in [1.82, 2.24) is 19.5 Å². The van der Waals surface area contributed by atoms with Crippen molar-refractivity contribution in [3.8, 4) is 5.75 Å². The molecule has 2 fully saturated rings. The van der Waals surface area contributed by atoms with E-state index in [1.807, 2.05) is 19.1 Å². The summed E-state index contributed by atoms with van der Waals surface area (Å²) in [6.45, 7) is 4.83. The number of fused-ring (bicyclic) bond motifs is 1. The minimum atomic E-state index is -0.367. The monoisotopic (exact) mass is 482 g/mol. The zero-order valence-corrected chi connectivity index (χ0v) is 20.2. The van der Waals surface area contributed by atoms with Crippen LogP contribution in [-0.2, 0) is 18.2 Å². The van der Waals surface area contributed by atoms with E-state index in [1.165, 1.54) is 12.5 Å². The van der Waals surface area contributed by atoms with E-state index < -0.39 is 0 Å². The zero-order chi connectivity index (χ0) is 24.4. The molecule has 0 bridgehead atoms. The number of halogens is 1. The summed E-state index contributed by atoms with van der Waals surface area (Å²) in [6.07, 6.45) is 6.55. The molecule has 10 heteroatoms. The molecule has 1 aromatic carbocycles. The van der Waals surface area contributed by atoms with Crippen LogP contribution >= 0.6 is 0 Å². The van der Waals surface area contributed by atoms with Crippen LogP contribution in [0, 0.1) is 5.82 Å². The maximum absolute atomic E-state index is 14.5. The van der Waals surface area contributed by atoms with Gasteiger partial charge in [-0.05, 0) is 38.2 Å². The van der Waals surface area contributed by atoms with Crippen molar-refractivity contribution in [2.75, 3.05) is 36.5 Å². The molecular weight excluding hydrogens is 451 g/mol. The van der Waals surface area contributed by atoms with E-state index in [4.69, 9.17) is 9.47 Å². The molecule has 0 amide bonds. The van der Waals surface area contributed by atoms with Crippen LogP contribution < -0.4 is 20.5 Å². The SMILES string of the molecule is CCc1ncnc(N[C@H]2CC[C@@H](Oc3cc(N4CCOCC4)cc4ncc(=O)n(C)c34)CC2)c1F. The molecule has 1 N–H and O–H groups in total. The lowest BCUT2D eigenvalue weighted by atomic mass is 9.93. The third-order valence-corrected chi connectivity index (χ3v) is 6.90.